The summed E-state index contributed by atoms with van der Waals surface area (Å²) in [5, 5.41) is 0.629. The van der Waals surface area contributed by atoms with E-state index in [0.29, 0.717) is 10.9 Å². The Labute approximate surface area is 106 Å². The summed E-state index contributed by atoms with van der Waals surface area (Å²) in [7, 11) is 0. The standard InChI is InChI=1S/C14H8F2N2O/c15-10-2-1-3-11(16)14(10)18-12-6-7-17-8-9(12)4-5-13(18)19/h1-8H. The van der Waals surface area contributed by atoms with Crippen LogP contribution in [-0.2, 0) is 0 Å². The molecule has 0 aliphatic rings. The third-order valence-corrected chi connectivity index (χ3v) is 2.86. The van der Waals surface area contributed by atoms with E-state index in [1.54, 1.807) is 12.1 Å². The number of benzene rings is 1. The van der Waals surface area contributed by atoms with Crippen LogP contribution in [0.15, 0.2) is 53.6 Å². The Balaban J connectivity index is 2.49. The van der Waals surface area contributed by atoms with Crippen molar-refractivity contribution >= 4 is 10.9 Å². The topological polar surface area (TPSA) is 34.9 Å². The van der Waals surface area contributed by atoms with Crippen molar-refractivity contribution < 1.29 is 8.78 Å². The minimum absolute atomic E-state index is 0.371. The molecule has 0 amide bonds. The maximum atomic E-state index is 13.8. The van der Waals surface area contributed by atoms with Gasteiger partial charge >= 0.3 is 0 Å². The molecule has 0 unspecified atom stereocenters. The predicted molar refractivity (Wildman–Crippen MR) is 67.3 cm³/mol. The molecule has 3 aromatic rings. The average molecular weight is 258 g/mol. The molecule has 1 aromatic carbocycles. The lowest BCUT2D eigenvalue weighted by Gasteiger charge is -2.11. The number of hydrogen-bond donors (Lipinski definition) is 0. The van der Waals surface area contributed by atoms with Crippen LogP contribution >= 0.6 is 0 Å². The maximum Gasteiger partial charge on any atom is 0.255 e. The molecule has 0 aliphatic carbocycles. The number of rotatable bonds is 1. The van der Waals surface area contributed by atoms with Gasteiger partial charge in [-0.1, -0.05) is 6.07 Å². The Bertz CT molecular complexity index is 807. The Hall–Kier alpha value is -2.56. The molecular formula is C14H8F2N2O. The summed E-state index contributed by atoms with van der Waals surface area (Å²) in [5.41, 5.74) is -0.460. The van der Waals surface area contributed by atoms with E-state index in [1.807, 2.05) is 0 Å². The first-order chi connectivity index (χ1) is 9.18. The van der Waals surface area contributed by atoms with E-state index in [9.17, 15) is 13.6 Å². The summed E-state index contributed by atoms with van der Waals surface area (Å²) >= 11 is 0. The first-order valence-corrected chi connectivity index (χ1v) is 5.58. The summed E-state index contributed by atoms with van der Waals surface area (Å²) in [6.07, 6.45) is 3.00. The van der Waals surface area contributed by atoms with Crippen molar-refractivity contribution in [3.8, 4) is 5.69 Å². The van der Waals surface area contributed by atoms with Gasteiger partial charge in [0, 0.05) is 23.8 Å². The molecule has 3 rings (SSSR count). The molecule has 0 radical (unpaired) electrons. The van der Waals surface area contributed by atoms with Crippen LogP contribution in [0.4, 0.5) is 8.78 Å². The van der Waals surface area contributed by atoms with Crippen molar-refractivity contribution in [3.05, 3.63) is 70.8 Å². The largest absolute Gasteiger partial charge is 0.271 e. The number of halogens is 2. The van der Waals surface area contributed by atoms with Crippen molar-refractivity contribution in [2.24, 2.45) is 0 Å². The SMILES string of the molecule is O=c1ccc2cnccc2n1-c1c(F)cccc1F. The number of pyridine rings is 2. The zero-order valence-corrected chi connectivity index (χ0v) is 9.68. The highest BCUT2D eigenvalue weighted by Crippen LogP contribution is 2.20. The number of nitrogens with zero attached hydrogens (tertiary/aromatic N) is 2. The minimum Gasteiger partial charge on any atom is -0.271 e. The van der Waals surface area contributed by atoms with E-state index < -0.39 is 17.2 Å². The second-order valence-electron chi connectivity index (χ2n) is 4.01. The van der Waals surface area contributed by atoms with Crippen LogP contribution in [0, 0.1) is 11.6 Å². The van der Waals surface area contributed by atoms with Crippen LogP contribution in [-0.4, -0.2) is 9.55 Å². The highest BCUT2D eigenvalue weighted by Gasteiger charge is 2.14. The van der Waals surface area contributed by atoms with Gasteiger partial charge in [0.05, 0.1) is 5.52 Å². The molecule has 2 heterocycles. The van der Waals surface area contributed by atoms with E-state index in [4.69, 9.17) is 0 Å². The molecule has 3 nitrogen and oxygen atoms in total. The third kappa shape index (κ3) is 1.79. The molecule has 19 heavy (non-hydrogen) atoms. The van der Waals surface area contributed by atoms with E-state index in [0.717, 1.165) is 16.7 Å². The Morgan fingerprint density at radius 2 is 1.74 bits per heavy atom. The maximum absolute atomic E-state index is 13.8. The first kappa shape index (κ1) is 11.5. The molecule has 0 saturated carbocycles. The lowest BCUT2D eigenvalue weighted by Crippen LogP contribution is -2.19. The quantitative estimate of drug-likeness (QED) is 0.672. The van der Waals surface area contributed by atoms with Gasteiger partial charge in [0.1, 0.15) is 17.3 Å². The van der Waals surface area contributed by atoms with Crippen molar-refractivity contribution in [2.45, 2.75) is 0 Å². The van der Waals surface area contributed by atoms with E-state index in [-0.39, 0.29) is 5.69 Å². The smallest absolute Gasteiger partial charge is 0.255 e. The zero-order chi connectivity index (χ0) is 13.4. The second kappa shape index (κ2) is 4.28. The molecule has 0 N–H and O–H groups in total. The number of fused-ring (bicyclic) bond motifs is 1. The summed E-state index contributed by atoms with van der Waals surface area (Å²) in [4.78, 5) is 15.9. The van der Waals surface area contributed by atoms with Gasteiger partial charge in [0.25, 0.3) is 5.56 Å². The Kier molecular flexibility index (Phi) is 2.59. The van der Waals surface area contributed by atoms with Gasteiger partial charge in [-0.15, -0.1) is 0 Å². The third-order valence-electron chi connectivity index (χ3n) is 2.86. The molecule has 2 aromatic heterocycles. The van der Waals surface area contributed by atoms with Crippen molar-refractivity contribution in [2.75, 3.05) is 0 Å². The molecule has 0 aliphatic heterocycles. The highest BCUT2D eigenvalue weighted by atomic mass is 19.1. The van der Waals surface area contributed by atoms with Crippen LogP contribution in [0.1, 0.15) is 0 Å². The second-order valence-corrected chi connectivity index (χ2v) is 4.01. The van der Waals surface area contributed by atoms with Crippen molar-refractivity contribution in [1.82, 2.24) is 9.55 Å². The van der Waals surface area contributed by atoms with Crippen LogP contribution in [0.3, 0.4) is 0 Å². The summed E-state index contributed by atoms with van der Waals surface area (Å²) in [5.74, 6) is -1.57. The predicted octanol–water partition coefficient (Wildman–Crippen LogP) is 2.66. The van der Waals surface area contributed by atoms with E-state index in [1.165, 1.54) is 24.5 Å². The lowest BCUT2D eigenvalue weighted by atomic mass is 10.2. The van der Waals surface area contributed by atoms with Gasteiger partial charge in [-0.2, -0.15) is 0 Å². The van der Waals surface area contributed by atoms with Crippen LogP contribution in [0.5, 0.6) is 0 Å². The zero-order valence-electron chi connectivity index (χ0n) is 9.68. The minimum atomic E-state index is -0.786. The van der Waals surface area contributed by atoms with Gasteiger partial charge in [-0.3, -0.25) is 14.3 Å². The fourth-order valence-corrected chi connectivity index (χ4v) is 2.02. The molecule has 0 fully saturated rings. The normalized spacial score (nSPS) is 10.8. The summed E-state index contributed by atoms with van der Waals surface area (Å²) < 4.78 is 28.7. The fraction of sp³-hybridized carbons (Fsp3) is 0. The van der Waals surface area contributed by atoms with Gasteiger partial charge in [-0.25, -0.2) is 8.78 Å². The van der Waals surface area contributed by atoms with E-state index in [2.05, 4.69) is 4.98 Å². The fourth-order valence-electron chi connectivity index (χ4n) is 2.02. The highest BCUT2D eigenvalue weighted by molar-refractivity contribution is 5.79. The van der Waals surface area contributed by atoms with E-state index >= 15 is 0 Å². The molecule has 5 heteroatoms. The Morgan fingerprint density at radius 1 is 1.00 bits per heavy atom. The molecular weight excluding hydrogens is 250 g/mol. The van der Waals surface area contributed by atoms with Crippen LogP contribution in [0.25, 0.3) is 16.6 Å². The molecule has 94 valence electrons. The molecule has 0 atom stereocenters. The summed E-state index contributed by atoms with van der Waals surface area (Å²) in [6.45, 7) is 0. The Morgan fingerprint density at radius 3 is 2.47 bits per heavy atom. The van der Waals surface area contributed by atoms with Gasteiger partial charge in [0.15, 0.2) is 0 Å². The molecule has 0 spiro atoms. The van der Waals surface area contributed by atoms with Crippen LogP contribution in [0.2, 0.25) is 0 Å². The molecule has 0 bridgehead atoms. The number of hydrogen-bond acceptors (Lipinski definition) is 2. The number of para-hydroxylation sites is 1. The summed E-state index contributed by atoms with van der Waals surface area (Å²) in [6, 6.07) is 7.86. The van der Waals surface area contributed by atoms with Crippen LogP contribution < -0.4 is 5.56 Å². The van der Waals surface area contributed by atoms with Crippen molar-refractivity contribution in [1.29, 1.82) is 0 Å². The first-order valence-electron chi connectivity index (χ1n) is 5.58. The average Bonchev–Trinajstić information content (AvgIpc) is 2.41. The van der Waals surface area contributed by atoms with Gasteiger partial charge in [0.2, 0.25) is 0 Å². The van der Waals surface area contributed by atoms with Gasteiger partial charge < -0.3 is 0 Å². The number of aromatic nitrogens is 2. The lowest BCUT2D eigenvalue weighted by molar-refractivity contribution is 0.569. The van der Waals surface area contributed by atoms with Gasteiger partial charge in [-0.05, 0) is 24.3 Å². The van der Waals surface area contributed by atoms with Crippen molar-refractivity contribution in [3.63, 3.8) is 0 Å². The monoisotopic (exact) mass is 258 g/mol. The molecule has 0 saturated heterocycles.